The Morgan fingerprint density at radius 2 is 1.95 bits per heavy atom. The first-order valence-electron chi connectivity index (χ1n) is 8.27. The van der Waals surface area contributed by atoms with E-state index in [2.05, 4.69) is 17.4 Å². The molecule has 1 aromatic carbocycles. The highest BCUT2D eigenvalue weighted by Crippen LogP contribution is 2.15. The molecule has 0 bridgehead atoms. The number of hydrogen-bond donors (Lipinski definition) is 1. The Hall–Kier alpha value is -1.81. The maximum atomic E-state index is 12.3. The van der Waals surface area contributed by atoms with Crippen LogP contribution in [0.3, 0.4) is 0 Å². The molecular formula is C18H25N3O. The van der Waals surface area contributed by atoms with Crippen molar-refractivity contribution in [3.63, 3.8) is 0 Å². The molecule has 1 aliphatic rings. The van der Waals surface area contributed by atoms with Crippen LogP contribution in [-0.4, -0.2) is 21.7 Å². The van der Waals surface area contributed by atoms with Gasteiger partial charge in [0.05, 0.1) is 5.69 Å². The van der Waals surface area contributed by atoms with Crippen LogP contribution < -0.4 is 11.0 Å². The molecule has 1 unspecified atom stereocenters. The molecule has 0 saturated carbocycles. The van der Waals surface area contributed by atoms with E-state index >= 15 is 0 Å². The van der Waals surface area contributed by atoms with E-state index in [0.717, 1.165) is 18.7 Å². The highest BCUT2D eigenvalue weighted by atomic mass is 16.1. The highest BCUT2D eigenvalue weighted by molar-refractivity contribution is 5.35. The molecule has 0 amide bonds. The zero-order valence-corrected chi connectivity index (χ0v) is 13.5. The van der Waals surface area contributed by atoms with Gasteiger partial charge >= 0.3 is 5.69 Å². The molecular weight excluding hydrogens is 274 g/mol. The van der Waals surface area contributed by atoms with E-state index in [1.807, 2.05) is 38.4 Å². The lowest BCUT2D eigenvalue weighted by atomic mass is 9.98. The molecule has 1 atom stereocenters. The third-order valence-electron chi connectivity index (χ3n) is 4.47. The Bertz CT molecular complexity index is 660. The summed E-state index contributed by atoms with van der Waals surface area (Å²) in [6, 6.07) is 9.17. The van der Waals surface area contributed by atoms with Crippen LogP contribution in [0.15, 0.2) is 41.5 Å². The minimum absolute atomic E-state index is 0.0247. The molecule has 1 aromatic heterocycles. The summed E-state index contributed by atoms with van der Waals surface area (Å²) < 4.78 is 3.46. The van der Waals surface area contributed by atoms with Crippen molar-refractivity contribution in [2.75, 3.05) is 6.54 Å². The second kappa shape index (κ2) is 6.53. The summed E-state index contributed by atoms with van der Waals surface area (Å²) in [4.78, 5) is 12.3. The third kappa shape index (κ3) is 3.17. The Morgan fingerprint density at radius 3 is 2.55 bits per heavy atom. The largest absolute Gasteiger partial charge is 0.332 e. The molecule has 1 saturated heterocycles. The number of aromatic nitrogens is 2. The Kier molecular flexibility index (Phi) is 4.48. The van der Waals surface area contributed by atoms with Crippen molar-refractivity contribution < 1.29 is 0 Å². The fourth-order valence-corrected chi connectivity index (χ4v) is 3.16. The molecule has 3 rings (SSSR count). The van der Waals surface area contributed by atoms with E-state index in [-0.39, 0.29) is 11.7 Å². The minimum Gasteiger partial charge on any atom is -0.314 e. The van der Waals surface area contributed by atoms with Crippen molar-refractivity contribution in [3.8, 4) is 5.69 Å². The molecule has 22 heavy (non-hydrogen) atoms. The zero-order chi connectivity index (χ0) is 15.5. The summed E-state index contributed by atoms with van der Waals surface area (Å²) in [5.41, 5.74) is 2.29. The monoisotopic (exact) mass is 299 g/mol. The standard InChI is InChI=1S/C18H25N3O/c1-14(2)20-11-12-21(18(20)22)17-8-6-15(7-9-17)13-16-5-3-4-10-19-16/h6-9,11-12,14,16,19H,3-5,10,13H2,1-2H3. The molecule has 1 fully saturated rings. The first-order chi connectivity index (χ1) is 10.6. The van der Waals surface area contributed by atoms with Crippen LogP contribution in [-0.2, 0) is 6.42 Å². The maximum Gasteiger partial charge on any atom is 0.332 e. The molecule has 4 heteroatoms. The average Bonchev–Trinajstić information content (AvgIpc) is 2.91. The van der Waals surface area contributed by atoms with Gasteiger partial charge in [-0.15, -0.1) is 0 Å². The molecule has 4 nitrogen and oxygen atoms in total. The van der Waals surface area contributed by atoms with Crippen LogP contribution in [0.4, 0.5) is 0 Å². The average molecular weight is 299 g/mol. The lowest BCUT2D eigenvalue weighted by Crippen LogP contribution is -2.35. The van der Waals surface area contributed by atoms with E-state index in [0.29, 0.717) is 6.04 Å². The molecule has 118 valence electrons. The SMILES string of the molecule is CC(C)n1ccn(-c2ccc(CC3CCCCN3)cc2)c1=O. The predicted octanol–water partition coefficient (Wildman–Crippen LogP) is 2.90. The van der Waals surface area contributed by atoms with Gasteiger partial charge in [0.1, 0.15) is 0 Å². The molecule has 0 aliphatic carbocycles. The van der Waals surface area contributed by atoms with Gasteiger partial charge in [0.25, 0.3) is 0 Å². The van der Waals surface area contributed by atoms with Gasteiger partial charge < -0.3 is 5.32 Å². The van der Waals surface area contributed by atoms with Crippen LogP contribution >= 0.6 is 0 Å². The Labute approximate surface area is 131 Å². The molecule has 0 radical (unpaired) electrons. The van der Waals surface area contributed by atoms with Crippen molar-refractivity contribution in [2.24, 2.45) is 0 Å². The molecule has 1 N–H and O–H groups in total. The van der Waals surface area contributed by atoms with Gasteiger partial charge in [-0.25, -0.2) is 4.79 Å². The van der Waals surface area contributed by atoms with Crippen LogP contribution in [0.5, 0.6) is 0 Å². The van der Waals surface area contributed by atoms with Gasteiger partial charge in [0, 0.05) is 24.5 Å². The van der Waals surface area contributed by atoms with Crippen LogP contribution in [0.25, 0.3) is 5.69 Å². The van der Waals surface area contributed by atoms with Crippen LogP contribution in [0, 0.1) is 0 Å². The van der Waals surface area contributed by atoms with Gasteiger partial charge in [-0.1, -0.05) is 18.6 Å². The first-order valence-corrected chi connectivity index (χ1v) is 8.27. The van der Waals surface area contributed by atoms with Crippen molar-refractivity contribution in [2.45, 2.75) is 51.6 Å². The van der Waals surface area contributed by atoms with Gasteiger partial charge in [-0.3, -0.25) is 9.13 Å². The summed E-state index contributed by atoms with van der Waals surface area (Å²) in [6.07, 6.45) is 8.66. The Balaban J connectivity index is 1.75. The summed E-state index contributed by atoms with van der Waals surface area (Å²) in [6.45, 7) is 5.18. The number of hydrogen-bond acceptors (Lipinski definition) is 2. The number of imidazole rings is 1. The van der Waals surface area contributed by atoms with Gasteiger partial charge in [0.15, 0.2) is 0 Å². The molecule has 1 aliphatic heterocycles. The summed E-state index contributed by atoms with van der Waals surface area (Å²) in [5.74, 6) is 0. The first kappa shape index (κ1) is 15.1. The van der Waals surface area contributed by atoms with Gasteiger partial charge in [-0.2, -0.15) is 0 Å². The quantitative estimate of drug-likeness (QED) is 0.943. The second-order valence-corrected chi connectivity index (χ2v) is 6.47. The lowest BCUT2D eigenvalue weighted by Gasteiger charge is -2.23. The molecule has 2 aromatic rings. The number of nitrogens with zero attached hydrogens (tertiary/aromatic N) is 2. The lowest BCUT2D eigenvalue weighted by molar-refractivity contribution is 0.399. The fraction of sp³-hybridized carbons (Fsp3) is 0.500. The molecule has 2 heterocycles. The van der Waals surface area contributed by atoms with E-state index < -0.39 is 0 Å². The minimum atomic E-state index is 0.0247. The number of benzene rings is 1. The van der Waals surface area contributed by atoms with E-state index in [1.54, 1.807) is 9.13 Å². The van der Waals surface area contributed by atoms with Gasteiger partial charge in [0.2, 0.25) is 0 Å². The topological polar surface area (TPSA) is 39.0 Å². The number of piperidine rings is 1. The second-order valence-electron chi connectivity index (χ2n) is 6.47. The summed E-state index contributed by atoms with van der Waals surface area (Å²) >= 11 is 0. The Morgan fingerprint density at radius 1 is 1.18 bits per heavy atom. The van der Waals surface area contributed by atoms with Crippen LogP contribution in [0.2, 0.25) is 0 Å². The van der Waals surface area contributed by atoms with Crippen molar-refractivity contribution >= 4 is 0 Å². The zero-order valence-electron chi connectivity index (χ0n) is 13.5. The smallest absolute Gasteiger partial charge is 0.314 e. The summed E-state index contributed by atoms with van der Waals surface area (Å²) in [5, 5.41) is 3.58. The van der Waals surface area contributed by atoms with Crippen molar-refractivity contribution in [1.29, 1.82) is 0 Å². The normalized spacial score (nSPS) is 18.8. The predicted molar refractivity (Wildman–Crippen MR) is 89.8 cm³/mol. The van der Waals surface area contributed by atoms with Crippen molar-refractivity contribution in [3.05, 3.63) is 52.7 Å². The van der Waals surface area contributed by atoms with Crippen LogP contribution in [0.1, 0.15) is 44.7 Å². The molecule has 0 spiro atoms. The van der Waals surface area contributed by atoms with Gasteiger partial charge in [-0.05, 0) is 57.4 Å². The van der Waals surface area contributed by atoms with E-state index in [1.165, 1.54) is 24.8 Å². The number of nitrogens with one attached hydrogen (secondary N) is 1. The highest BCUT2D eigenvalue weighted by Gasteiger charge is 2.13. The van der Waals surface area contributed by atoms with Crippen molar-refractivity contribution in [1.82, 2.24) is 14.5 Å². The summed E-state index contributed by atoms with van der Waals surface area (Å²) in [7, 11) is 0. The number of rotatable bonds is 4. The van der Waals surface area contributed by atoms with E-state index in [4.69, 9.17) is 0 Å². The maximum absolute atomic E-state index is 12.3. The fourth-order valence-electron chi connectivity index (χ4n) is 3.16. The van der Waals surface area contributed by atoms with E-state index in [9.17, 15) is 4.79 Å². The third-order valence-corrected chi connectivity index (χ3v) is 4.47.